The van der Waals surface area contributed by atoms with Crippen molar-refractivity contribution >= 4 is 5.78 Å². The van der Waals surface area contributed by atoms with Gasteiger partial charge in [-0.15, -0.1) is 5.92 Å². The van der Waals surface area contributed by atoms with Gasteiger partial charge >= 0.3 is 0 Å². The van der Waals surface area contributed by atoms with Crippen LogP contribution < -0.4 is 0 Å². The Labute approximate surface area is 67.5 Å². The van der Waals surface area contributed by atoms with Gasteiger partial charge in [-0.05, 0) is 6.42 Å². The van der Waals surface area contributed by atoms with Crippen molar-refractivity contribution in [2.24, 2.45) is 0 Å². The van der Waals surface area contributed by atoms with Crippen LogP contribution in [0.15, 0.2) is 11.6 Å². The molecule has 0 fully saturated rings. The summed E-state index contributed by atoms with van der Waals surface area (Å²) >= 11 is 0. The van der Waals surface area contributed by atoms with Crippen LogP contribution in [0, 0.1) is 11.8 Å². The third-order valence-electron chi connectivity index (χ3n) is 1.70. The number of Topliss-reactive ketones (excluding diaryl/α,β-unsaturated/α-hetero) is 1. The van der Waals surface area contributed by atoms with Crippen LogP contribution in [0.4, 0.5) is 0 Å². The number of ketones is 1. The summed E-state index contributed by atoms with van der Waals surface area (Å²) in [5.74, 6) is 6.21. The Hall–Kier alpha value is -1.03. The molecule has 0 aliphatic heterocycles. The van der Waals surface area contributed by atoms with E-state index in [-0.39, 0.29) is 5.78 Å². The molecule has 1 nitrogen and oxygen atoms in total. The fourth-order valence-electron chi connectivity index (χ4n) is 1.11. The Bertz CT molecular complexity index is 237. The summed E-state index contributed by atoms with van der Waals surface area (Å²) in [4.78, 5) is 11.0. The van der Waals surface area contributed by atoms with Gasteiger partial charge in [0.15, 0.2) is 5.78 Å². The molecule has 0 N–H and O–H groups in total. The standard InChI is InChI=1S/C10H12O/c1-2-3-4-6-9-7-5-8-10(9)11/h7H,2,5-6,8H2,1H3. The zero-order valence-electron chi connectivity index (χ0n) is 6.81. The van der Waals surface area contributed by atoms with Crippen molar-refractivity contribution in [3.05, 3.63) is 11.6 Å². The van der Waals surface area contributed by atoms with E-state index in [1.807, 2.05) is 13.0 Å². The lowest BCUT2D eigenvalue weighted by Gasteiger charge is -1.89. The maximum Gasteiger partial charge on any atom is 0.159 e. The summed E-state index contributed by atoms with van der Waals surface area (Å²) in [6.07, 6.45) is 5.16. The van der Waals surface area contributed by atoms with E-state index in [9.17, 15) is 4.79 Å². The predicted octanol–water partition coefficient (Wildman–Crippen LogP) is 2.08. The van der Waals surface area contributed by atoms with Gasteiger partial charge in [0.2, 0.25) is 0 Å². The molecular formula is C10H12O. The molecule has 0 radical (unpaired) electrons. The number of carbonyl (C=O) groups excluding carboxylic acids is 1. The van der Waals surface area contributed by atoms with Gasteiger partial charge in [-0.25, -0.2) is 0 Å². The van der Waals surface area contributed by atoms with Gasteiger partial charge in [-0.1, -0.05) is 18.9 Å². The van der Waals surface area contributed by atoms with Crippen molar-refractivity contribution in [1.82, 2.24) is 0 Å². The zero-order valence-corrected chi connectivity index (χ0v) is 6.81. The highest BCUT2D eigenvalue weighted by atomic mass is 16.1. The van der Waals surface area contributed by atoms with E-state index in [1.165, 1.54) is 0 Å². The molecule has 0 heterocycles. The summed E-state index contributed by atoms with van der Waals surface area (Å²) in [7, 11) is 0. The molecule has 0 aromatic rings. The fourth-order valence-corrected chi connectivity index (χ4v) is 1.11. The summed E-state index contributed by atoms with van der Waals surface area (Å²) in [6.45, 7) is 2.01. The van der Waals surface area contributed by atoms with Crippen LogP contribution >= 0.6 is 0 Å². The first-order valence-electron chi connectivity index (χ1n) is 4.02. The highest BCUT2D eigenvalue weighted by molar-refractivity contribution is 5.97. The van der Waals surface area contributed by atoms with Gasteiger partial charge < -0.3 is 0 Å². The molecule has 0 bridgehead atoms. The number of rotatable bonds is 1. The Morgan fingerprint density at radius 3 is 2.91 bits per heavy atom. The lowest BCUT2D eigenvalue weighted by molar-refractivity contribution is -0.114. The average molecular weight is 148 g/mol. The second kappa shape index (κ2) is 3.98. The van der Waals surface area contributed by atoms with E-state index in [1.54, 1.807) is 0 Å². The molecule has 0 atom stereocenters. The quantitative estimate of drug-likeness (QED) is 0.520. The molecule has 11 heavy (non-hydrogen) atoms. The van der Waals surface area contributed by atoms with Crippen LogP contribution in [0.3, 0.4) is 0 Å². The fraction of sp³-hybridized carbons (Fsp3) is 0.500. The second-order valence-corrected chi connectivity index (χ2v) is 2.58. The molecule has 1 aliphatic carbocycles. The highest BCUT2D eigenvalue weighted by Crippen LogP contribution is 2.15. The smallest absolute Gasteiger partial charge is 0.159 e. The van der Waals surface area contributed by atoms with Crippen LogP contribution in [0.2, 0.25) is 0 Å². The Morgan fingerprint density at radius 2 is 2.36 bits per heavy atom. The first kappa shape index (κ1) is 8.07. The van der Waals surface area contributed by atoms with Gasteiger partial charge in [-0.2, -0.15) is 0 Å². The summed E-state index contributed by atoms with van der Waals surface area (Å²) in [5, 5.41) is 0. The van der Waals surface area contributed by atoms with E-state index in [4.69, 9.17) is 0 Å². The van der Waals surface area contributed by atoms with Crippen molar-refractivity contribution in [3.63, 3.8) is 0 Å². The molecule has 1 aliphatic rings. The zero-order chi connectivity index (χ0) is 8.10. The monoisotopic (exact) mass is 148 g/mol. The number of carbonyl (C=O) groups is 1. The summed E-state index contributed by atoms with van der Waals surface area (Å²) in [5.41, 5.74) is 0.922. The Morgan fingerprint density at radius 1 is 1.55 bits per heavy atom. The molecule has 58 valence electrons. The number of allylic oxidation sites excluding steroid dienone is 2. The highest BCUT2D eigenvalue weighted by Gasteiger charge is 2.12. The molecule has 0 aromatic heterocycles. The van der Waals surface area contributed by atoms with Crippen LogP contribution in [0.1, 0.15) is 32.6 Å². The lowest BCUT2D eigenvalue weighted by Crippen LogP contribution is -1.93. The van der Waals surface area contributed by atoms with Gasteiger partial charge in [0.25, 0.3) is 0 Å². The molecule has 0 aromatic carbocycles. The third kappa shape index (κ3) is 2.23. The van der Waals surface area contributed by atoms with Crippen LogP contribution in [-0.2, 0) is 4.79 Å². The van der Waals surface area contributed by atoms with Crippen molar-refractivity contribution < 1.29 is 4.79 Å². The van der Waals surface area contributed by atoms with Gasteiger partial charge in [0, 0.05) is 24.8 Å². The minimum Gasteiger partial charge on any atom is -0.295 e. The first-order chi connectivity index (χ1) is 5.34. The average Bonchev–Trinajstić information content (AvgIpc) is 2.37. The largest absolute Gasteiger partial charge is 0.295 e. The maximum atomic E-state index is 11.0. The molecule has 0 amide bonds. The summed E-state index contributed by atoms with van der Waals surface area (Å²) < 4.78 is 0. The van der Waals surface area contributed by atoms with E-state index >= 15 is 0 Å². The van der Waals surface area contributed by atoms with E-state index < -0.39 is 0 Å². The lowest BCUT2D eigenvalue weighted by atomic mass is 10.1. The van der Waals surface area contributed by atoms with E-state index in [0.29, 0.717) is 12.8 Å². The molecule has 1 rings (SSSR count). The van der Waals surface area contributed by atoms with Crippen molar-refractivity contribution in [2.45, 2.75) is 32.6 Å². The minimum absolute atomic E-state index is 0.287. The van der Waals surface area contributed by atoms with Crippen LogP contribution in [0.5, 0.6) is 0 Å². The van der Waals surface area contributed by atoms with E-state index in [0.717, 1.165) is 18.4 Å². The van der Waals surface area contributed by atoms with Crippen molar-refractivity contribution in [1.29, 1.82) is 0 Å². The maximum absolute atomic E-state index is 11.0. The Balaban J connectivity index is 2.43. The number of hydrogen-bond acceptors (Lipinski definition) is 1. The second-order valence-electron chi connectivity index (χ2n) is 2.58. The minimum atomic E-state index is 0.287. The normalized spacial score (nSPS) is 15.7. The van der Waals surface area contributed by atoms with Crippen LogP contribution in [-0.4, -0.2) is 5.78 Å². The SMILES string of the molecule is CCC#CCC1=CCCC1=O. The summed E-state index contributed by atoms with van der Waals surface area (Å²) in [6, 6.07) is 0. The first-order valence-corrected chi connectivity index (χ1v) is 4.02. The van der Waals surface area contributed by atoms with E-state index in [2.05, 4.69) is 11.8 Å². The molecule has 0 saturated heterocycles. The molecule has 1 heteroatoms. The molecular weight excluding hydrogens is 136 g/mol. The van der Waals surface area contributed by atoms with Gasteiger partial charge in [0.05, 0.1) is 0 Å². The Kier molecular flexibility index (Phi) is 2.92. The molecule has 0 spiro atoms. The molecule has 0 saturated carbocycles. The third-order valence-corrected chi connectivity index (χ3v) is 1.70. The molecule has 0 unspecified atom stereocenters. The topological polar surface area (TPSA) is 17.1 Å². The van der Waals surface area contributed by atoms with Crippen molar-refractivity contribution in [3.8, 4) is 11.8 Å². The van der Waals surface area contributed by atoms with Crippen molar-refractivity contribution in [2.75, 3.05) is 0 Å². The predicted molar refractivity (Wildman–Crippen MR) is 45.0 cm³/mol. The van der Waals surface area contributed by atoms with Gasteiger partial charge in [0.1, 0.15) is 0 Å². The number of hydrogen-bond donors (Lipinski definition) is 0. The van der Waals surface area contributed by atoms with Crippen LogP contribution in [0.25, 0.3) is 0 Å². The van der Waals surface area contributed by atoms with Gasteiger partial charge in [-0.3, -0.25) is 4.79 Å².